The molecule has 0 saturated heterocycles. The second-order valence-electron chi connectivity index (χ2n) is 8.32. The van der Waals surface area contributed by atoms with Crippen LogP contribution in [0.2, 0.25) is 0 Å². The normalized spacial score (nSPS) is 11.5. The first-order valence-corrected chi connectivity index (χ1v) is 11.8. The summed E-state index contributed by atoms with van der Waals surface area (Å²) >= 11 is 0. The molecule has 188 valence electrons. The number of hydrogen-bond donors (Lipinski definition) is 0. The van der Waals surface area contributed by atoms with Crippen molar-refractivity contribution in [2.75, 3.05) is 13.7 Å². The Balaban J connectivity index is 1.41. The van der Waals surface area contributed by atoms with Crippen molar-refractivity contribution in [1.29, 1.82) is 0 Å². The molecule has 0 N–H and O–H groups in total. The van der Waals surface area contributed by atoms with Crippen LogP contribution < -0.4 is 9.47 Å². The van der Waals surface area contributed by atoms with Crippen LogP contribution in [0.3, 0.4) is 0 Å². The van der Waals surface area contributed by atoms with Crippen molar-refractivity contribution in [3.63, 3.8) is 0 Å². The van der Waals surface area contributed by atoms with Crippen LogP contribution in [-0.4, -0.2) is 30.4 Å². The third-order valence-corrected chi connectivity index (χ3v) is 5.44. The molecule has 0 spiro atoms. The molecule has 0 aliphatic rings. The molecule has 0 aliphatic heterocycles. The summed E-state index contributed by atoms with van der Waals surface area (Å²) in [5.41, 5.74) is 4.99. The van der Waals surface area contributed by atoms with Gasteiger partial charge in [-0.15, -0.1) is 0 Å². The Hall–Kier alpha value is -4.65. The number of ketones is 1. The molecule has 7 heteroatoms. The molecule has 0 amide bonds. The van der Waals surface area contributed by atoms with Crippen molar-refractivity contribution < 1.29 is 23.6 Å². The topological polar surface area (TPSA) is 83.1 Å². The Bertz CT molecular complexity index is 1390. The minimum atomic E-state index is -0.0303. The molecular formula is C30H28N2O5. The first-order chi connectivity index (χ1) is 18.0. The Morgan fingerprint density at radius 2 is 1.73 bits per heavy atom. The summed E-state index contributed by atoms with van der Waals surface area (Å²) < 4.78 is 17.2. The smallest absolute Gasteiger partial charge is 0.152 e. The van der Waals surface area contributed by atoms with Gasteiger partial charge in [-0.3, -0.25) is 4.79 Å². The van der Waals surface area contributed by atoms with E-state index in [1.807, 2.05) is 85.8 Å². The maximum atomic E-state index is 11.4. The van der Waals surface area contributed by atoms with Crippen LogP contribution in [-0.2, 0) is 16.2 Å². The third-order valence-electron chi connectivity index (χ3n) is 5.44. The van der Waals surface area contributed by atoms with Crippen LogP contribution in [0, 0.1) is 6.92 Å². The van der Waals surface area contributed by atoms with E-state index in [0.717, 1.165) is 22.3 Å². The van der Waals surface area contributed by atoms with Crippen molar-refractivity contribution in [2.24, 2.45) is 5.16 Å². The second-order valence-corrected chi connectivity index (χ2v) is 8.32. The quantitative estimate of drug-likeness (QED) is 0.138. The van der Waals surface area contributed by atoms with E-state index in [1.165, 1.54) is 20.1 Å². The highest BCUT2D eigenvalue weighted by Gasteiger charge is 2.11. The van der Waals surface area contributed by atoms with Gasteiger partial charge in [0, 0.05) is 17.2 Å². The van der Waals surface area contributed by atoms with E-state index >= 15 is 0 Å². The SMILES string of the molecule is CON=C(COc1ccc(COc2ccc(C=CC(C)=O)c(-c3cc(C)on3)c2)cc1)c1ccccc1. The summed E-state index contributed by atoms with van der Waals surface area (Å²) in [5, 5.41) is 8.21. The monoisotopic (exact) mass is 496 g/mol. The molecule has 0 fully saturated rings. The average Bonchev–Trinajstić information content (AvgIpc) is 3.36. The van der Waals surface area contributed by atoms with Crippen LogP contribution in [0.25, 0.3) is 17.3 Å². The van der Waals surface area contributed by atoms with E-state index in [9.17, 15) is 4.79 Å². The fraction of sp³-hybridized carbons (Fsp3) is 0.167. The molecule has 0 atom stereocenters. The molecule has 0 aliphatic carbocycles. The van der Waals surface area contributed by atoms with Gasteiger partial charge in [0.1, 0.15) is 49.0 Å². The zero-order valence-electron chi connectivity index (χ0n) is 21.0. The summed E-state index contributed by atoms with van der Waals surface area (Å²) in [7, 11) is 1.52. The van der Waals surface area contributed by atoms with E-state index in [-0.39, 0.29) is 12.4 Å². The first-order valence-electron chi connectivity index (χ1n) is 11.8. The van der Waals surface area contributed by atoms with Gasteiger partial charge in [-0.25, -0.2) is 0 Å². The van der Waals surface area contributed by atoms with E-state index < -0.39 is 0 Å². The van der Waals surface area contributed by atoms with Crippen molar-refractivity contribution in [2.45, 2.75) is 20.5 Å². The van der Waals surface area contributed by atoms with Crippen molar-refractivity contribution >= 4 is 17.6 Å². The van der Waals surface area contributed by atoms with Gasteiger partial charge in [-0.1, -0.05) is 64.9 Å². The predicted octanol–water partition coefficient (Wildman–Crippen LogP) is 6.26. The maximum absolute atomic E-state index is 11.4. The van der Waals surface area contributed by atoms with E-state index in [1.54, 1.807) is 6.08 Å². The molecular weight excluding hydrogens is 468 g/mol. The molecule has 0 bridgehead atoms. The zero-order valence-corrected chi connectivity index (χ0v) is 21.0. The lowest BCUT2D eigenvalue weighted by Crippen LogP contribution is -2.13. The van der Waals surface area contributed by atoms with Crippen LogP contribution in [0.1, 0.15) is 29.4 Å². The summed E-state index contributed by atoms with van der Waals surface area (Å²) in [6, 6.07) is 25.0. The van der Waals surface area contributed by atoms with Crippen molar-refractivity contribution in [3.05, 3.63) is 107 Å². The number of aryl methyl sites for hydroxylation is 1. The number of aromatic nitrogens is 1. The molecule has 37 heavy (non-hydrogen) atoms. The van der Waals surface area contributed by atoms with Gasteiger partial charge >= 0.3 is 0 Å². The molecule has 4 rings (SSSR count). The molecule has 0 radical (unpaired) electrons. The van der Waals surface area contributed by atoms with Gasteiger partial charge in [0.2, 0.25) is 0 Å². The lowest BCUT2D eigenvalue weighted by molar-refractivity contribution is -0.112. The number of nitrogens with zero attached hydrogens (tertiary/aromatic N) is 2. The standard InChI is InChI=1S/C30H28N2O5/c1-21(33)9-12-24-13-16-27(18-28(24)29-17-22(2)37-32-29)35-19-23-10-14-26(15-11-23)36-20-30(31-34-3)25-7-5-4-6-8-25/h4-18H,19-20H2,1-3H3. The minimum absolute atomic E-state index is 0.0303. The van der Waals surface area contributed by atoms with E-state index in [0.29, 0.717) is 35.3 Å². The third kappa shape index (κ3) is 7.18. The fourth-order valence-corrected chi connectivity index (χ4v) is 3.60. The van der Waals surface area contributed by atoms with Gasteiger partial charge in [-0.2, -0.15) is 0 Å². The Morgan fingerprint density at radius 3 is 2.41 bits per heavy atom. The van der Waals surface area contributed by atoms with Gasteiger partial charge < -0.3 is 18.8 Å². The van der Waals surface area contributed by atoms with Crippen LogP contribution in [0.5, 0.6) is 11.5 Å². The highest BCUT2D eigenvalue weighted by molar-refractivity contribution is 6.01. The number of oxime groups is 1. The molecule has 0 saturated carbocycles. The summed E-state index contributed by atoms with van der Waals surface area (Å²) in [6.45, 7) is 4.00. The highest BCUT2D eigenvalue weighted by atomic mass is 16.6. The molecule has 7 nitrogen and oxygen atoms in total. The van der Waals surface area contributed by atoms with Crippen LogP contribution >= 0.6 is 0 Å². The zero-order chi connectivity index (χ0) is 26.0. The van der Waals surface area contributed by atoms with Crippen LogP contribution in [0.4, 0.5) is 0 Å². The first kappa shape index (κ1) is 25.4. The summed E-state index contributed by atoms with van der Waals surface area (Å²) in [4.78, 5) is 16.4. The molecule has 1 heterocycles. The van der Waals surface area contributed by atoms with Gasteiger partial charge in [0.15, 0.2) is 5.78 Å². The average molecular weight is 497 g/mol. The number of carbonyl (C=O) groups is 1. The Labute approximate surface area is 216 Å². The lowest BCUT2D eigenvalue weighted by Gasteiger charge is -2.11. The Morgan fingerprint density at radius 1 is 0.973 bits per heavy atom. The number of benzene rings is 3. The second kappa shape index (κ2) is 12.4. The fourth-order valence-electron chi connectivity index (χ4n) is 3.60. The number of ether oxygens (including phenoxy) is 2. The predicted molar refractivity (Wildman–Crippen MR) is 143 cm³/mol. The summed E-state index contributed by atoms with van der Waals surface area (Å²) in [5.74, 6) is 2.07. The minimum Gasteiger partial charge on any atom is -0.489 e. The van der Waals surface area contributed by atoms with Crippen molar-refractivity contribution in [1.82, 2.24) is 5.16 Å². The van der Waals surface area contributed by atoms with Crippen molar-refractivity contribution in [3.8, 4) is 22.8 Å². The number of allylic oxidation sites excluding steroid dienone is 1. The van der Waals surface area contributed by atoms with Gasteiger partial charge in [0.05, 0.1) is 0 Å². The number of rotatable bonds is 11. The Kier molecular flexibility index (Phi) is 8.49. The molecule has 0 unspecified atom stereocenters. The van der Waals surface area contributed by atoms with Gasteiger partial charge in [0.25, 0.3) is 0 Å². The van der Waals surface area contributed by atoms with E-state index in [2.05, 4.69) is 10.3 Å². The largest absolute Gasteiger partial charge is 0.489 e. The van der Waals surface area contributed by atoms with E-state index in [4.69, 9.17) is 18.8 Å². The van der Waals surface area contributed by atoms with Gasteiger partial charge in [-0.05, 0) is 55.3 Å². The van der Waals surface area contributed by atoms with Crippen LogP contribution in [0.15, 0.2) is 94.6 Å². The maximum Gasteiger partial charge on any atom is 0.152 e. The molecule has 1 aromatic heterocycles. The lowest BCUT2D eigenvalue weighted by atomic mass is 10.0. The molecule has 3 aromatic carbocycles. The molecule has 4 aromatic rings. The number of carbonyl (C=O) groups excluding carboxylic acids is 1. The number of hydrogen-bond acceptors (Lipinski definition) is 7. The highest BCUT2D eigenvalue weighted by Crippen LogP contribution is 2.29. The summed E-state index contributed by atoms with van der Waals surface area (Å²) in [6.07, 6.45) is 3.30.